The molecule has 0 saturated carbocycles. The highest BCUT2D eigenvalue weighted by atomic mass is 79.9. The molecule has 0 fully saturated rings. The number of halogens is 2. The molecule has 1 aliphatic heterocycles. The largest absolute Gasteiger partial charge is 0.320 e. The first-order valence-corrected chi connectivity index (χ1v) is 6.79. The number of aliphatic imine (C=N–C) groups is 1. The van der Waals surface area contributed by atoms with E-state index in [2.05, 4.69) is 20.9 Å². The average Bonchev–Trinajstić information content (AvgIpc) is 2.42. The lowest BCUT2D eigenvalue weighted by Gasteiger charge is -2.29. The highest BCUT2D eigenvalue weighted by Crippen LogP contribution is 2.35. The maximum atomic E-state index is 13.8. The van der Waals surface area contributed by atoms with E-state index in [-0.39, 0.29) is 5.82 Å². The maximum Gasteiger partial charge on any atom is 0.134 e. The summed E-state index contributed by atoms with van der Waals surface area (Å²) in [6, 6.07) is 11.1. The van der Waals surface area contributed by atoms with E-state index in [0.29, 0.717) is 12.2 Å². The van der Waals surface area contributed by atoms with Crippen molar-refractivity contribution in [2.75, 3.05) is 11.6 Å². The molecule has 0 atom stereocenters. The molecule has 0 aliphatic carbocycles. The smallest absolute Gasteiger partial charge is 0.134 e. The average molecular weight is 319 g/mol. The molecule has 1 aliphatic rings. The van der Waals surface area contributed by atoms with Gasteiger partial charge in [0.15, 0.2) is 0 Å². The lowest BCUT2D eigenvalue weighted by molar-refractivity contribution is 0.624. The fourth-order valence-corrected chi connectivity index (χ4v) is 2.63. The second kappa shape index (κ2) is 4.78. The van der Waals surface area contributed by atoms with E-state index >= 15 is 0 Å². The molecular formula is C15H12BrFN2. The van der Waals surface area contributed by atoms with Crippen molar-refractivity contribution in [1.82, 2.24) is 0 Å². The molecule has 0 N–H and O–H groups in total. The zero-order valence-corrected chi connectivity index (χ0v) is 12.0. The first-order chi connectivity index (χ1) is 9.18. The normalized spacial score (nSPS) is 13.5. The van der Waals surface area contributed by atoms with Crippen LogP contribution in [0.2, 0.25) is 0 Å². The predicted octanol–water partition coefficient (Wildman–Crippen LogP) is 4.42. The highest BCUT2D eigenvalue weighted by Gasteiger charge is 2.19. The van der Waals surface area contributed by atoms with E-state index in [1.807, 2.05) is 36.1 Å². The predicted molar refractivity (Wildman–Crippen MR) is 79.9 cm³/mol. The van der Waals surface area contributed by atoms with Crippen molar-refractivity contribution in [3.63, 3.8) is 0 Å². The summed E-state index contributed by atoms with van der Waals surface area (Å²) >= 11 is 3.53. The summed E-state index contributed by atoms with van der Waals surface area (Å²) in [4.78, 5) is 6.28. The summed E-state index contributed by atoms with van der Waals surface area (Å²) in [6.07, 6.45) is 1.61. The minimum Gasteiger partial charge on any atom is -0.320 e. The van der Waals surface area contributed by atoms with Crippen molar-refractivity contribution < 1.29 is 4.39 Å². The number of hydrogen-bond donors (Lipinski definition) is 0. The number of hydrogen-bond acceptors (Lipinski definition) is 2. The molecule has 0 amide bonds. The standard InChI is InChI=1S/C15H12BrFN2/c1-10-12(16)4-2-6-14(10)19-9-18-8-11-13(17)5-3-7-15(11)19/h2-8H,9H2,1H3. The van der Waals surface area contributed by atoms with Crippen molar-refractivity contribution in [3.8, 4) is 0 Å². The summed E-state index contributed by atoms with van der Waals surface area (Å²) in [5.41, 5.74) is 3.57. The van der Waals surface area contributed by atoms with Gasteiger partial charge < -0.3 is 4.90 Å². The minimum absolute atomic E-state index is 0.237. The van der Waals surface area contributed by atoms with Crippen LogP contribution in [0.4, 0.5) is 15.8 Å². The molecular weight excluding hydrogens is 307 g/mol. The lowest BCUT2D eigenvalue weighted by atomic mass is 10.1. The summed E-state index contributed by atoms with van der Waals surface area (Å²) in [7, 11) is 0. The Hall–Kier alpha value is -1.68. The zero-order chi connectivity index (χ0) is 13.4. The van der Waals surface area contributed by atoms with Gasteiger partial charge in [-0.2, -0.15) is 0 Å². The second-order valence-corrected chi connectivity index (χ2v) is 5.29. The Balaban J connectivity index is 2.17. The quantitative estimate of drug-likeness (QED) is 0.759. The van der Waals surface area contributed by atoms with Crippen molar-refractivity contribution in [3.05, 3.63) is 57.8 Å². The number of benzene rings is 2. The van der Waals surface area contributed by atoms with Crippen LogP contribution in [-0.4, -0.2) is 12.9 Å². The maximum absolute atomic E-state index is 13.8. The molecule has 2 aromatic carbocycles. The Kier molecular flexibility index (Phi) is 3.11. The van der Waals surface area contributed by atoms with Gasteiger partial charge in [0.1, 0.15) is 12.5 Å². The van der Waals surface area contributed by atoms with Crippen molar-refractivity contribution in [1.29, 1.82) is 0 Å². The molecule has 2 aromatic rings. The van der Waals surface area contributed by atoms with Gasteiger partial charge in [-0.1, -0.05) is 28.1 Å². The van der Waals surface area contributed by atoms with E-state index < -0.39 is 0 Å². The van der Waals surface area contributed by atoms with Crippen LogP contribution >= 0.6 is 15.9 Å². The lowest BCUT2D eigenvalue weighted by Crippen LogP contribution is -2.23. The van der Waals surface area contributed by atoms with Crippen LogP contribution < -0.4 is 4.90 Å². The number of nitrogens with zero attached hydrogens (tertiary/aromatic N) is 2. The molecule has 0 unspecified atom stereocenters. The van der Waals surface area contributed by atoms with E-state index in [1.54, 1.807) is 12.3 Å². The van der Waals surface area contributed by atoms with Crippen molar-refractivity contribution >= 4 is 33.5 Å². The third-order valence-electron chi connectivity index (χ3n) is 3.29. The van der Waals surface area contributed by atoms with Gasteiger partial charge in [-0.3, -0.25) is 4.99 Å². The number of anilines is 2. The summed E-state index contributed by atoms with van der Waals surface area (Å²) < 4.78 is 14.9. The zero-order valence-electron chi connectivity index (χ0n) is 10.4. The Morgan fingerprint density at radius 1 is 1.16 bits per heavy atom. The van der Waals surface area contributed by atoms with Crippen molar-refractivity contribution in [2.45, 2.75) is 6.92 Å². The minimum atomic E-state index is -0.237. The molecule has 96 valence electrons. The first kappa shape index (κ1) is 12.4. The molecule has 1 heterocycles. The summed E-state index contributed by atoms with van der Waals surface area (Å²) in [5, 5.41) is 0. The monoisotopic (exact) mass is 318 g/mol. The SMILES string of the molecule is Cc1c(Br)cccc1N1CN=Cc2c(F)cccc21. The van der Waals surface area contributed by atoms with Crippen LogP contribution in [0.5, 0.6) is 0 Å². The third-order valence-corrected chi connectivity index (χ3v) is 4.15. The number of rotatable bonds is 1. The molecule has 0 aromatic heterocycles. The molecule has 4 heteroatoms. The fraction of sp³-hybridized carbons (Fsp3) is 0.133. The van der Waals surface area contributed by atoms with Gasteiger partial charge in [0.2, 0.25) is 0 Å². The fourth-order valence-electron chi connectivity index (χ4n) is 2.27. The van der Waals surface area contributed by atoms with Gasteiger partial charge in [-0.25, -0.2) is 4.39 Å². The van der Waals surface area contributed by atoms with Gasteiger partial charge in [-0.15, -0.1) is 0 Å². The van der Waals surface area contributed by atoms with Crippen molar-refractivity contribution in [2.24, 2.45) is 4.99 Å². The number of fused-ring (bicyclic) bond motifs is 1. The molecule has 0 bridgehead atoms. The first-order valence-electron chi connectivity index (χ1n) is 5.99. The molecule has 0 saturated heterocycles. The van der Waals surface area contributed by atoms with Crippen LogP contribution in [0.3, 0.4) is 0 Å². The van der Waals surface area contributed by atoms with E-state index in [0.717, 1.165) is 21.4 Å². The van der Waals surface area contributed by atoms with E-state index in [1.165, 1.54) is 6.07 Å². The third kappa shape index (κ3) is 2.06. The summed E-state index contributed by atoms with van der Waals surface area (Å²) in [6.45, 7) is 2.55. The van der Waals surface area contributed by atoms with Gasteiger partial charge in [0.25, 0.3) is 0 Å². The highest BCUT2D eigenvalue weighted by molar-refractivity contribution is 9.10. The second-order valence-electron chi connectivity index (χ2n) is 4.44. The molecule has 0 spiro atoms. The van der Waals surface area contributed by atoms with Crippen LogP contribution in [0, 0.1) is 12.7 Å². The molecule has 0 radical (unpaired) electrons. The van der Waals surface area contributed by atoms with Gasteiger partial charge in [-0.05, 0) is 36.8 Å². The van der Waals surface area contributed by atoms with Gasteiger partial charge >= 0.3 is 0 Å². The Labute approximate surface area is 119 Å². The topological polar surface area (TPSA) is 15.6 Å². The van der Waals surface area contributed by atoms with Gasteiger partial charge in [0.05, 0.1) is 11.3 Å². The van der Waals surface area contributed by atoms with Crippen LogP contribution in [0.1, 0.15) is 11.1 Å². The van der Waals surface area contributed by atoms with E-state index in [9.17, 15) is 4.39 Å². The Morgan fingerprint density at radius 3 is 2.74 bits per heavy atom. The van der Waals surface area contributed by atoms with Crippen LogP contribution in [0.25, 0.3) is 0 Å². The molecule has 19 heavy (non-hydrogen) atoms. The Bertz CT molecular complexity index is 667. The Morgan fingerprint density at radius 2 is 1.89 bits per heavy atom. The summed E-state index contributed by atoms with van der Waals surface area (Å²) in [5.74, 6) is -0.237. The van der Waals surface area contributed by atoms with Gasteiger partial charge in [0, 0.05) is 16.4 Å². The molecule has 3 rings (SSSR count). The van der Waals surface area contributed by atoms with Crippen LogP contribution in [-0.2, 0) is 0 Å². The molecule has 2 nitrogen and oxygen atoms in total. The van der Waals surface area contributed by atoms with E-state index in [4.69, 9.17) is 0 Å². The van der Waals surface area contributed by atoms with Crippen LogP contribution in [0.15, 0.2) is 45.9 Å².